The number of nitrogens with two attached hydrogens (primary N) is 1. The number of benzene rings is 1. The Kier molecular flexibility index (Phi) is 6.17. The van der Waals surface area contributed by atoms with E-state index in [-0.39, 0.29) is 24.4 Å². The number of nitrogens with one attached hydrogen (secondary N) is 1. The number of aryl methyl sites for hydroxylation is 1. The Hall–Kier alpha value is -0.710. The first-order chi connectivity index (χ1) is 8.65. The van der Waals surface area contributed by atoms with Crippen LogP contribution >= 0.6 is 24.2 Å². The fraction of sp³-hybridized carbons (Fsp3) is 0.500. The Bertz CT molecular complexity index is 449. The Labute approximate surface area is 125 Å². The molecule has 0 aromatic heterocycles. The van der Waals surface area contributed by atoms with Crippen LogP contribution in [-0.4, -0.2) is 24.7 Å². The van der Waals surface area contributed by atoms with Gasteiger partial charge in [-0.25, -0.2) is 0 Å². The number of hydrogen-bond acceptors (Lipinski definition) is 3. The van der Waals surface area contributed by atoms with E-state index >= 15 is 0 Å². The van der Waals surface area contributed by atoms with Gasteiger partial charge in [-0.3, -0.25) is 4.79 Å². The van der Waals surface area contributed by atoms with Gasteiger partial charge in [0.05, 0.1) is 0 Å². The molecule has 3 N–H and O–H groups in total. The Balaban J connectivity index is 0.00000180. The standard InChI is InChI=1S/C14H20N2OS.ClH/c1-9-3-6-11(18-2)7-12(9)14(17)16-13(8-15)10-4-5-10;/h3,6-7,10,13H,4-5,8,15H2,1-2H3,(H,16,17);1H. The second-order valence-electron chi connectivity index (χ2n) is 4.83. The van der Waals surface area contributed by atoms with Crippen molar-refractivity contribution in [2.45, 2.75) is 30.7 Å². The van der Waals surface area contributed by atoms with E-state index in [2.05, 4.69) is 5.32 Å². The Morgan fingerprint density at radius 1 is 1.53 bits per heavy atom. The quantitative estimate of drug-likeness (QED) is 0.822. The molecule has 0 spiro atoms. The molecule has 1 aliphatic rings. The molecule has 0 heterocycles. The smallest absolute Gasteiger partial charge is 0.251 e. The van der Waals surface area contributed by atoms with Gasteiger partial charge in [-0.2, -0.15) is 0 Å². The lowest BCUT2D eigenvalue weighted by molar-refractivity contribution is 0.0932. The zero-order chi connectivity index (χ0) is 13.1. The number of carbonyl (C=O) groups is 1. The minimum atomic E-state index is 0. The molecule has 3 nitrogen and oxygen atoms in total. The third-order valence-electron chi connectivity index (χ3n) is 3.45. The molecule has 0 radical (unpaired) electrons. The number of thioether (sulfide) groups is 1. The molecule has 19 heavy (non-hydrogen) atoms. The molecule has 1 amide bonds. The van der Waals surface area contributed by atoms with Crippen LogP contribution in [0.3, 0.4) is 0 Å². The molecule has 1 aliphatic carbocycles. The molecule has 0 bridgehead atoms. The first-order valence-corrected chi connectivity index (χ1v) is 7.53. The summed E-state index contributed by atoms with van der Waals surface area (Å²) < 4.78 is 0. The maximum absolute atomic E-state index is 12.3. The van der Waals surface area contributed by atoms with E-state index in [1.165, 1.54) is 12.8 Å². The molecule has 5 heteroatoms. The summed E-state index contributed by atoms with van der Waals surface area (Å²) in [6, 6.07) is 6.12. The van der Waals surface area contributed by atoms with Crippen molar-refractivity contribution < 1.29 is 4.79 Å². The van der Waals surface area contributed by atoms with Crippen molar-refractivity contribution in [1.29, 1.82) is 0 Å². The van der Waals surface area contributed by atoms with Crippen LogP contribution in [0.15, 0.2) is 23.1 Å². The molecule has 1 aromatic carbocycles. The lowest BCUT2D eigenvalue weighted by Crippen LogP contribution is -2.41. The highest BCUT2D eigenvalue weighted by Crippen LogP contribution is 2.32. The van der Waals surface area contributed by atoms with Crippen molar-refractivity contribution in [2.75, 3.05) is 12.8 Å². The SMILES string of the molecule is CSc1ccc(C)c(C(=O)NC(CN)C2CC2)c1.Cl. The molecule has 0 aliphatic heterocycles. The van der Waals surface area contributed by atoms with Crippen LogP contribution in [0.2, 0.25) is 0 Å². The highest BCUT2D eigenvalue weighted by atomic mass is 35.5. The number of amides is 1. The topological polar surface area (TPSA) is 55.1 Å². The second-order valence-corrected chi connectivity index (χ2v) is 5.71. The van der Waals surface area contributed by atoms with Crippen LogP contribution in [0.25, 0.3) is 0 Å². The van der Waals surface area contributed by atoms with Gasteiger partial charge in [-0.1, -0.05) is 6.07 Å². The first kappa shape index (κ1) is 16.3. The fourth-order valence-electron chi connectivity index (χ4n) is 2.09. The molecule has 1 atom stereocenters. The molecule has 1 aromatic rings. The zero-order valence-electron chi connectivity index (χ0n) is 11.3. The highest BCUT2D eigenvalue weighted by Gasteiger charge is 2.31. The predicted molar refractivity (Wildman–Crippen MR) is 83.2 cm³/mol. The van der Waals surface area contributed by atoms with Crippen LogP contribution in [0.1, 0.15) is 28.8 Å². The average Bonchev–Trinajstić information content (AvgIpc) is 3.20. The summed E-state index contributed by atoms with van der Waals surface area (Å²) in [5.41, 5.74) is 7.49. The van der Waals surface area contributed by atoms with Gasteiger partial charge in [0.1, 0.15) is 0 Å². The van der Waals surface area contributed by atoms with Crippen molar-refractivity contribution >= 4 is 30.1 Å². The van der Waals surface area contributed by atoms with Gasteiger partial charge in [-0.15, -0.1) is 24.2 Å². The highest BCUT2D eigenvalue weighted by molar-refractivity contribution is 7.98. The van der Waals surface area contributed by atoms with E-state index in [0.717, 1.165) is 16.0 Å². The number of halogens is 1. The largest absolute Gasteiger partial charge is 0.348 e. The zero-order valence-corrected chi connectivity index (χ0v) is 12.9. The molecule has 2 rings (SSSR count). The summed E-state index contributed by atoms with van der Waals surface area (Å²) in [5, 5.41) is 3.06. The molecule has 0 saturated heterocycles. The molecular weight excluding hydrogens is 280 g/mol. The van der Waals surface area contributed by atoms with Gasteiger partial charge in [-0.05, 0) is 49.6 Å². The molecule has 1 unspecified atom stereocenters. The number of hydrogen-bond donors (Lipinski definition) is 2. The summed E-state index contributed by atoms with van der Waals surface area (Å²) >= 11 is 1.65. The van der Waals surface area contributed by atoms with Crippen molar-refractivity contribution in [1.82, 2.24) is 5.32 Å². The van der Waals surface area contributed by atoms with E-state index in [1.807, 2.05) is 31.4 Å². The minimum absolute atomic E-state index is 0. The van der Waals surface area contributed by atoms with Gasteiger partial charge in [0.25, 0.3) is 5.91 Å². The Morgan fingerprint density at radius 2 is 2.21 bits per heavy atom. The lowest BCUT2D eigenvalue weighted by atomic mass is 10.1. The first-order valence-electron chi connectivity index (χ1n) is 6.31. The number of rotatable bonds is 5. The average molecular weight is 301 g/mol. The third-order valence-corrected chi connectivity index (χ3v) is 4.18. The lowest BCUT2D eigenvalue weighted by Gasteiger charge is -2.17. The molecule has 1 fully saturated rings. The summed E-state index contributed by atoms with van der Waals surface area (Å²) in [6.07, 6.45) is 4.39. The van der Waals surface area contributed by atoms with Gasteiger partial charge in [0.2, 0.25) is 0 Å². The second kappa shape index (κ2) is 7.17. The van der Waals surface area contributed by atoms with Gasteiger partial charge in [0.15, 0.2) is 0 Å². The minimum Gasteiger partial charge on any atom is -0.348 e. The van der Waals surface area contributed by atoms with Crippen LogP contribution in [-0.2, 0) is 0 Å². The molecule has 1 saturated carbocycles. The van der Waals surface area contributed by atoms with Crippen molar-refractivity contribution in [3.8, 4) is 0 Å². The van der Waals surface area contributed by atoms with Gasteiger partial charge < -0.3 is 11.1 Å². The van der Waals surface area contributed by atoms with E-state index in [0.29, 0.717) is 12.5 Å². The summed E-state index contributed by atoms with van der Waals surface area (Å²) in [4.78, 5) is 13.4. The van der Waals surface area contributed by atoms with Gasteiger partial charge >= 0.3 is 0 Å². The maximum atomic E-state index is 12.3. The van der Waals surface area contributed by atoms with Crippen molar-refractivity contribution in [3.05, 3.63) is 29.3 Å². The molecular formula is C14H21ClN2OS. The van der Waals surface area contributed by atoms with Crippen molar-refractivity contribution in [3.63, 3.8) is 0 Å². The van der Waals surface area contributed by atoms with E-state index in [1.54, 1.807) is 11.8 Å². The maximum Gasteiger partial charge on any atom is 0.251 e. The van der Waals surface area contributed by atoms with Crippen LogP contribution in [0.4, 0.5) is 0 Å². The summed E-state index contributed by atoms with van der Waals surface area (Å²) in [6.45, 7) is 2.49. The van der Waals surface area contributed by atoms with Gasteiger partial charge in [0, 0.05) is 23.0 Å². The summed E-state index contributed by atoms with van der Waals surface area (Å²) in [7, 11) is 0. The van der Waals surface area contributed by atoms with Crippen molar-refractivity contribution in [2.24, 2.45) is 11.7 Å². The van der Waals surface area contributed by atoms with Crippen LogP contribution < -0.4 is 11.1 Å². The molecule has 106 valence electrons. The fourth-order valence-corrected chi connectivity index (χ4v) is 2.53. The summed E-state index contributed by atoms with van der Waals surface area (Å²) in [5.74, 6) is 0.591. The van der Waals surface area contributed by atoms with E-state index < -0.39 is 0 Å². The Morgan fingerprint density at radius 3 is 2.74 bits per heavy atom. The van der Waals surface area contributed by atoms with E-state index in [9.17, 15) is 4.79 Å². The number of carbonyl (C=O) groups excluding carboxylic acids is 1. The normalized spacial score (nSPS) is 15.5. The van der Waals surface area contributed by atoms with E-state index in [4.69, 9.17) is 5.73 Å². The van der Waals surface area contributed by atoms with Crippen LogP contribution in [0.5, 0.6) is 0 Å². The van der Waals surface area contributed by atoms with Crippen LogP contribution in [0, 0.1) is 12.8 Å². The monoisotopic (exact) mass is 300 g/mol. The predicted octanol–water partition coefficient (Wildman–Crippen LogP) is 2.61. The third kappa shape index (κ3) is 4.13.